The van der Waals surface area contributed by atoms with Crippen molar-refractivity contribution in [2.24, 2.45) is 0 Å². The summed E-state index contributed by atoms with van der Waals surface area (Å²) in [6, 6.07) is 15.6. The zero-order valence-electron chi connectivity index (χ0n) is 12.9. The van der Waals surface area contributed by atoms with Crippen LogP contribution in [0.3, 0.4) is 0 Å². The first kappa shape index (κ1) is 14.9. The second kappa shape index (κ2) is 6.31. The van der Waals surface area contributed by atoms with Crippen molar-refractivity contribution < 1.29 is 4.79 Å². The highest BCUT2D eigenvalue weighted by Gasteiger charge is 2.10. The van der Waals surface area contributed by atoms with Crippen LogP contribution < -0.4 is 14.7 Å². The van der Waals surface area contributed by atoms with Gasteiger partial charge >= 0.3 is 6.41 Å². The molecule has 109 valence electrons. The molecule has 2 aromatic carbocycles. The number of carbonyl (C=O) groups excluding carboxylic acids is 1. The van der Waals surface area contributed by atoms with Gasteiger partial charge in [0.15, 0.2) is 0 Å². The molecule has 2 aromatic rings. The molecule has 1 amide bonds. The third-order valence-corrected chi connectivity index (χ3v) is 3.34. The second-order valence-electron chi connectivity index (χ2n) is 5.25. The zero-order chi connectivity index (χ0) is 15.4. The van der Waals surface area contributed by atoms with Crippen LogP contribution in [0.1, 0.15) is 0 Å². The molecule has 0 fully saturated rings. The zero-order valence-corrected chi connectivity index (χ0v) is 12.9. The summed E-state index contributed by atoms with van der Waals surface area (Å²) in [5.74, 6) is 0. The van der Waals surface area contributed by atoms with Gasteiger partial charge in [-0.1, -0.05) is 0 Å². The van der Waals surface area contributed by atoms with Crippen LogP contribution >= 0.6 is 0 Å². The average molecular weight is 282 g/mol. The molecule has 0 spiro atoms. The Labute approximate surface area is 126 Å². The van der Waals surface area contributed by atoms with Gasteiger partial charge in [0.05, 0.1) is 0 Å². The highest BCUT2D eigenvalue weighted by molar-refractivity contribution is 5.87. The predicted molar refractivity (Wildman–Crippen MR) is 89.4 cm³/mol. The van der Waals surface area contributed by atoms with E-state index in [1.54, 1.807) is 0 Å². The number of amides is 1. The summed E-state index contributed by atoms with van der Waals surface area (Å²) >= 11 is 0. The van der Waals surface area contributed by atoms with E-state index in [4.69, 9.17) is 0 Å². The van der Waals surface area contributed by atoms with E-state index in [0.717, 1.165) is 22.7 Å². The minimum Gasteiger partial charge on any atom is -0.378 e. The molecule has 0 unspecified atom stereocenters. The van der Waals surface area contributed by atoms with Crippen molar-refractivity contribution in [3.05, 3.63) is 48.5 Å². The molecule has 4 heteroatoms. The maximum atomic E-state index is 11.3. The normalized spacial score (nSPS) is 10.1. The first-order valence-corrected chi connectivity index (χ1v) is 6.75. The first-order valence-electron chi connectivity index (χ1n) is 6.75. The number of hydrogen-bond donors (Lipinski definition) is 0. The smallest absolute Gasteiger partial charge is 0.321 e. The fourth-order valence-electron chi connectivity index (χ4n) is 2.05. The number of rotatable bonds is 5. The molecule has 21 heavy (non-hydrogen) atoms. The van der Waals surface area contributed by atoms with E-state index in [2.05, 4.69) is 0 Å². The molecule has 0 bridgehead atoms. The Hall–Kier alpha value is -2.49. The molecule has 1 radical (unpaired) electrons. The minimum absolute atomic E-state index is 0.799. The number of anilines is 4. The van der Waals surface area contributed by atoms with E-state index in [-0.39, 0.29) is 0 Å². The van der Waals surface area contributed by atoms with Crippen LogP contribution in [-0.4, -0.2) is 34.6 Å². The number of hydrogen-bond acceptors (Lipinski definition) is 3. The Morgan fingerprint density at radius 1 is 0.619 bits per heavy atom. The van der Waals surface area contributed by atoms with Gasteiger partial charge in [0, 0.05) is 50.9 Å². The lowest BCUT2D eigenvalue weighted by molar-refractivity contribution is 0.556. The molecule has 2 rings (SSSR count). The molecule has 4 nitrogen and oxygen atoms in total. The topological polar surface area (TPSA) is 26.8 Å². The summed E-state index contributed by atoms with van der Waals surface area (Å²) in [6.45, 7) is 0. The molecular weight excluding hydrogens is 262 g/mol. The molecule has 0 aliphatic rings. The maximum absolute atomic E-state index is 11.3. The van der Waals surface area contributed by atoms with E-state index in [0.29, 0.717) is 0 Å². The monoisotopic (exact) mass is 282 g/mol. The Bertz CT molecular complexity index is 537. The summed E-state index contributed by atoms with van der Waals surface area (Å²) in [7, 11) is 7.94. The fraction of sp³-hybridized carbons (Fsp3) is 0.235. The van der Waals surface area contributed by atoms with Crippen molar-refractivity contribution in [2.75, 3.05) is 42.9 Å². The van der Waals surface area contributed by atoms with Gasteiger partial charge in [-0.3, -0.25) is 9.69 Å². The lowest BCUT2D eigenvalue weighted by atomic mass is 10.2. The standard InChI is InChI=1S/C17H20N3O/c1-18(2)14-5-9-16(10-6-14)20(13-21)17-11-7-15(8-12-17)19(3)4/h5-12H,1-4H3. The lowest BCUT2D eigenvalue weighted by Gasteiger charge is -2.20. The molecule has 0 heterocycles. The van der Waals surface area contributed by atoms with Crippen molar-refractivity contribution in [1.82, 2.24) is 0 Å². The Kier molecular flexibility index (Phi) is 4.48. The van der Waals surface area contributed by atoms with E-state index in [9.17, 15) is 4.79 Å². The molecule has 0 saturated heterocycles. The summed E-state index contributed by atoms with van der Waals surface area (Å²) in [5, 5.41) is 0. The lowest BCUT2D eigenvalue weighted by Crippen LogP contribution is -2.15. The van der Waals surface area contributed by atoms with Crippen LogP contribution in [0.15, 0.2) is 48.5 Å². The van der Waals surface area contributed by atoms with Gasteiger partial charge in [0.2, 0.25) is 0 Å². The Morgan fingerprint density at radius 2 is 0.905 bits per heavy atom. The average Bonchev–Trinajstić information content (AvgIpc) is 2.49. The van der Waals surface area contributed by atoms with Gasteiger partial charge in [-0.15, -0.1) is 0 Å². The van der Waals surface area contributed by atoms with Crippen LogP contribution in [0.5, 0.6) is 0 Å². The van der Waals surface area contributed by atoms with Crippen LogP contribution in [0.4, 0.5) is 22.7 Å². The van der Waals surface area contributed by atoms with Crippen LogP contribution in [0.25, 0.3) is 0 Å². The fourth-order valence-corrected chi connectivity index (χ4v) is 2.05. The largest absolute Gasteiger partial charge is 0.378 e. The van der Waals surface area contributed by atoms with Crippen molar-refractivity contribution in [3.8, 4) is 0 Å². The molecule has 0 aliphatic carbocycles. The van der Waals surface area contributed by atoms with Crippen LogP contribution in [-0.2, 0) is 4.79 Å². The third kappa shape index (κ3) is 3.34. The SMILES string of the molecule is CN(C)c1ccc(N([C]=O)c2ccc(N(C)C)cc2)cc1. The molecule has 0 aromatic heterocycles. The van der Waals surface area contributed by atoms with Gasteiger partial charge in [-0.2, -0.15) is 0 Å². The first-order chi connectivity index (χ1) is 10.0. The van der Waals surface area contributed by atoms with E-state index >= 15 is 0 Å². The Morgan fingerprint density at radius 3 is 1.14 bits per heavy atom. The third-order valence-electron chi connectivity index (χ3n) is 3.34. The molecule has 0 saturated carbocycles. The molecule has 0 atom stereocenters. The maximum Gasteiger partial charge on any atom is 0.321 e. The van der Waals surface area contributed by atoms with Gasteiger partial charge in [0.1, 0.15) is 0 Å². The van der Waals surface area contributed by atoms with Crippen molar-refractivity contribution in [1.29, 1.82) is 0 Å². The summed E-state index contributed by atoms with van der Waals surface area (Å²) in [6.07, 6.45) is 1.99. The highest BCUT2D eigenvalue weighted by Crippen LogP contribution is 2.27. The van der Waals surface area contributed by atoms with Gasteiger partial charge < -0.3 is 9.80 Å². The van der Waals surface area contributed by atoms with Gasteiger partial charge in [-0.05, 0) is 48.5 Å². The summed E-state index contributed by atoms with van der Waals surface area (Å²) < 4.78 is 0. The Balaban J connectivity index is 2.28. The number of benzene rings is 2. The molecular formula is C17H20N3O. The predicted octanol–water partition coefficient (Wildman–Crippen LogP) is 3.02. The van der Waals surface area contributed by atoms with Crippen LogP contribution in [0, 0.1) is 0 Å². The highest BCUT2D eigenvalue weighted by atomic mass is 16.1. The van der Waals surface area contributed by atoms with Crippen molar-refractivity contribution in [2.45, 2.75) is 0 Å². The number of nitrogens with zero attached hydrogens (tertiary/aromatic N) is 3. The summed E-state index contributed by atoms with van der Waals surface area (Å²) in [5.41, 5.74) is 3.78. The molecule has 0 N–H and O–H groups in total. The van der Waals surface area contributed by atoms with Crippen LogP contribution in [0.2, 0.25) is 0 Å². The van der Waals surface area contributed by atoms with E-state index in [1.807, 2.05) is 92.9 Å². The van der Waals surface area contributed by atoms with E-state index in [1.165, 1.54) is 4.90 Å². The molecule has 0 aliphatic heterocycles. The second-order valence-corrected chi connectivity index (χ2v) is 5.25. The van der Waals surface area contributed by atoms with Crippen molar-refractivity contribution >= 4 is 29.2 Å². The van der Waals surface area contributed by atoms with Gasteiger partial charge in [-0.25, -0.2) is 0 Å². The van der Waals surface area contributed by atoms with Gasteiger partial charge in [0.25, 0.3) is 0 Å². The summed E-state index contributed by atoms with van der Waals surface area (Å²) in [4.78, 5) is 16.9. The quantitative estimate of drug-likeness (QED) is 0.789. The van der Waals surface area contributed by atoms with Crippen molar-refractivity contribution in [3.63, 3.8) is 0 Å². The van der Waals surface area contributed by atoms with E-state index < -0.39 is 0 Å². The minimum atomic E-state index is 0.799.